The van der Waals surface area contributed by atoms with Gasteiger partial charge in [0.1, 0.15) is 0 Å². The predicted octanol–water partition coefficient (Wildman–Crippen LogP) is 2.99. The number of benzene rings is 1. The van der Waals surface area contributed by atoms with Crippen molar-refractivity contribution in [1.82, 2.24) is 9.78 Å². The Labute approximate surface area is 111 Å². The molecule has 1 aromatic carbocycles. The molecule has 7 heteroatoms. The van der Waals surface area contributed by atoms with E-state index in [1.807, 2.05) is 0 Å². The van der Waals surface area contributed by atoms with Crippen molar-refractivity contribution in [2.75, 3.05) is 0 Å². The summed E-state index contributed by atoms with van der Waals surface area (Å²) in [6, 6.07) is 7.80. The molecule has 4 nitrogen and oxygen atoms in total. The molecule has 2 aromatic rings. The Morgan fingerprint density at radius 2 is 1.90 bits per heavy atom. The quantitative estimate of drug-likeness (QED) is 0.880. The lowest BCUT2D eigenvalue weighted by Crippen LogP contribution is -2.14. The third-order valence-electron chi connectivity index (χ3n) is 2.47. The van der Waals surface area contributed by atoms with E-state index in [0.717, 1.165) is 17.0 Å². The molecule has 104 valence electrons. The van der Waals surface area contributed by atoms with Gasteiger partial charge in [0.25, 0.3) is 0 Å². The third-order valence-corrected chi connectivity index (χ3v) is 2.47. The Balaban J connectivity index is 2.57. The molecule has 0 saturated heterocycles. The molecule has 0 atom stereocenters. The fraction of sp³-hybridized carbons (Fsp3) is 0.0769. The number of carboxylic acids is 1. The van der Waals surface area contributed by atoms with Crippen LogP contribution in [0.2, 0.25) is 0 Å². The lowest BCUT2D eigenvalue weighted by molar-refractivity contribution is -0.143. The molecule has 1 aromatic heterocycles. The molecule has 20 heavy (non-hydrogen) atoms. The molecule has 2 rings (SSSR count). The second kappa shape index (κ2) is 5.20. The fourth-order valence-electron chi connectivity index (χ4n) is 1.69. The lowest BCUT2D eigenvalue weighted by atomic mass is 10.2. The van der Waals surface area contributed by atoms with E-state index < -0.39 is 17.8 Å². The second-order valence-corrected chi connectivity index (χ2v) is 3.87. The van der Waals surface area contributed by atoms with E-state index in [1.54, 1.807) is 18.2 Å². The summed E-state index contributed by atoms with van der Waals surface area (Å²) in [6.07, 6.45) is -2.15. The van der Waals surface area contributed by atoms with Crippen LogP contribution < -0.4 is 0 Å². The van der Waals surface area contributed by atoms with Gasteiger partial charge in [0.15, 0.2) is 5.69 Å². The maximum absolute atomic E-state index is 13.1. The summed E-state index contributed by atoms with van der Waals surface area (Å²) < 4.78 is 40.1. The Kier molecular flexibility index (Phi) is 3.60. The first-order chi connectivity index (χ1) is 9.39. The molecule has 0 spiro atoms. The second-order valence-electron chi connectivity index (χ2n) is 3.87. The van der Waals surface area contributed by atoms with E-state index in [2.05, 4.69) is 5.10 Å². The largest absolute Gasteiger partial charge is 0.478 e. The summed E-state index contributed by atoms with van der Waals surface area (Å²) >= 11 is 0. The van der Waals surface area contributed by atoms with Crippen LogP contribution in [0.5, 0.6) is 0 Å². The molecular formula is C13H9F3N2O2. The number of halogens is 3. The number of carbonyl (C=O) groups is 1. The van der Waals surface area contributed by atoms with Gasteiger partial charge >= 0.3 is 12.1 Å². The van der Waals surface area contributed by atoms with E-state index in [0.29, 0.717) is 6.08 Å². The minimum atomic E-state index is -4.65. The molecule has 0 saturated carbocycles. The van der Waals surface area contributed by atoms with Crippen molar-refractivity contribution < 1.29 is 23.1 Å². The number of alkyl halides is 3. The Hall–Kier alpha value is -2.57. The third kappa shape index (κ3) is 2.87. The summed E-state index contributed by atoms with van der Waals surface area (Å²) in [7, 11) is 0. The Bertz CT molecular complexity index is 645. The van der Waals surface area contributed by atoms with Crippen molar-refractivity contribution in [3.05, 3.63) is 53.9 Å². The molecular weight excluding hydrogens is 273 g/mol. The van der Waals surface area contributed by atoms with Gasteiger partial charge in [-0.15, -0.1) is 0 Å². The van der Waals surface area contributed by atoms with E-state index in [9.17, 15) is 18.0 Å². The SMILES string of the molecule is O=C(O)/C=C/c1cnn(-c2ccccc2)c1C(F)(F)F. The van der Waals surface area contributed by atoms with Crippen molar-refractivity contribution in [2.24, 2.45) is 0 Å². The van der Waals surface area contributed by atoms with Crippen molar-refractivity contribution in [3.63, 3.8) is 0 Å². The first-order valence-electron chi connectivity index (χ1n) is 5.51. The smallest absolute Gasteiger partial charge is 0.434 e. The van der Waals surface area contributed by atoms with Gasteiger partial charge in [0.05, 0.1) is 11.9 Å². The molecule has 0 aliphatic carbocycles. The molecule has 0 amide bonds. The van der Waals surface area contributed by atoms with Crippen LogP contribution in [0.15, 0.2) is 42.6 Å². The first-order valence-corrected chi connectivity index (χ1v) is 5.51. The Morgan fingerprint density at radius 3 is 2.45 bits per heavy atom. The van der Waals surface area contributed by atoms with Crippen LogP contribution in [0.1, 0.15) is 11.3 Å². The molecule has 1 heterocycles. The van der Waals surface area contributed by atoms with Gasteiger partial charge < -0.3 is 5.11 Å². The van der Waals surface area contributed by atoms with Crippen LogP contribution in [0, 0.1) is 0 Å². The maximum Gasteiger partial charge on any atom is 0.434 e. The van der Waals surface area contributed by atoms with E-state index in [-0.39, 0.29) is 11.3 Å². The van der Waals surface area contributed by atoms with Crippen LogP contribution >= 0.6 is 0 Å². The van der Waals surface area contributed by atoms with Crippen molar-refractivity contribution in [1.29, 1.82) is 0 Å². The molecule has 0 bridgehead atoms. The van der Waals surface area contributed by atoms with Gasteiger partial charge in [-0.3, -0.25) is 0 Å². The van der Waals surface area contributed by atoms with E-state index in [4.69, 9.17) is 5.11 Å². The highest BCUT2D eigenvalue weighted by atomic mass is 19.4. The normalized spacial score (nSPS) is 11.9. The maximum atomic E-state index is 13.1. The van der Waals surface area contributed by atoms with Crippen LogP contribution in [-0.2, 0) is 11.0 Å². The van der Waals surface area contributed by atoms with Crippen LogP contribution in [0.4, 0.5) is 13.2 Å². The molecule has 0 radical (unpaired) electrons. The monoisotopic (exact) mass is 282 g/mol. The Morgan fingerprint density at radius 1 is 1.25 bits per heavy atom. The summed E-state index contributed by atoms with van der Waals surface area (Å²) in [5.41, 5.74) is -1.07. The number of aliphatic carboxylic acids is 1. The highest BCUT2D eigenvalue weighted by Gasteiger charge is 2.38. The molecule has 0 unspecified atom stereocenters. The van der Waals surface area contributed by atoms with Crippen LogP contribution in [0.25, 0.3) is 11.8 Å². The van der Waals surface area contributed by atoms with Crippen molar-refractivity contribution in [2.45, 2.75) is 6.18 Å². The van der Waals surface area contributed by atoms with Gasteiger partial charge in [0, 0.05) is 11.6 Å². The number of carboxylic acid groups (broad SMARTS) is 1. The van der Waals surface area contributed by atoms with Gasteiger partial charge in [-0.05, 0) is 18.2 Å². The van der Waals surface area contributed by atoms with Gasteiger partial charge in [-0.25, -0.2) is 9.48 Å². The molecule has 0 aliphatic rings. The molecule has 0 aliphatic heterocycles. The standard InChI is InChI=1S/C13H9F3N2O2/c14-13(15,16)12-9(6-7-11(19)20)8-17-18(12)10-4-2-1-3-5-10/h1-8H,(H,19,20)/b7-6+. The molecule has 0 fully saturated rings. The van der Waals surface area contributed by atoms with E-state index in [1.165, 1.54) is 12.1 Å². The number of nitrogens with zero attached hydrogens (tertiary/aromatic N) is 2. The number of hydrogen-bond donors (Lipinski definition) is 1. The number of hydrogen-bond acceptors (Lipinski definition) is 2. The lowest BCUT2D eigenvalue weighted by Gasteiger charge is -2.11. The van der Waals surface area contributed by atoms with Gasteiger partial charge in [0.2, 0.25) is 0 Å². The van der Waals surface area contributed by atoms with Crippen LogP contribution in [0.3, 0.4) is 0 Å². The van der Waals surface area contributed by atoms with Crippen LogP contribution in [-0.4, -0.2) is 20.9 Å². The summed E-state index contributed by atoms with van der Waals surface area (Å²) in [6.45, 7) is 0. The van der Waals surface area contributed by atoms with E-state index >= 15 is 0 Å². The highest BCUT2D eigenvalue weighted by Crippen LogP contribution is 2.34. The number of rotatable bonds is 3. The minimum absolute atomic E-state index is 0.245. The number of para-hydroxylation sites is 1. The summed E-state index contributed by atoms with van der Waals surface area (Å²) in [5, 5.41) is 12.2. The van der Waals surface area contributed by atoms with Crippen molar-refractivity contribution in [3.8, 4) is 5.69 Å². The predicted molar refractivity (Wildman–Crippen MR) is 65.2 cm³/mol. The minimum Gasteiger partial charge on any atom is -0.478 e. The average Bonchev–Trinajstić information content (AvgIpc) is 2.81. The zero-order valence-electron chi connectivity index (χ0n) is 10.0. The topological polar surface area (TPSA) is 55.1 Å². The van der Waals surface area contributed by atoms with Gasteiger partial charge in [-0.2, -0.15) is 18.3 Å². The number of aromatic nitrogens is 2. The average molecular weight is 282 g/mol. The fourth-order valence-corrected chi connectivity index (χ4v) is 1.69. The highest BCUT2D eigenvalue weighted by molar-refractivity contribution is 5.85. The zero-order valence-corrected chi connectivity index (χ0v) is 10.0. The summed E-state index contributed by atoms with van der Waals surface area (Å²) in [5.74, 6) is -1.33. The van der Waals surface area contributed by atoms with Crippen molar-refractivity contribution >= 4 is 12.0 Å². The first kappa shape index (κ1) is 13.9. The van der Waals surface area contributed by atoms with Gasteiger partial charge in [-0.1, -0.05) is 18.2 Å². The summed E-state index contributed by atoms with van der Waals surface area (Å²) in [4.78, 5) is 10.4. The molecule has 1 N–H and O–H groups in total. The zero-order chi connectivity index (χ0) is 14.8.